The average molecular weight is 575 g/mol. The van der Waals surface area contributed by atoms with E-state index in [4.69, 9.17) is 11.6 Å². The molecule has 3 aromatic rings. The first-order valence-corrected chi connectivity index (χ1v) is 11.2. The minimum atomic E-state index is -4.89. The van der Waals surface area contributed by atoms with Gasteiger partial charge in [-0.25, -0.2) is 0 Å². The number of halogens is 9. The second-order valence-electron chi connectivity index (χ2n) is 8.41. The van der Waals surface area contributed by atoms with E-state index < -0.39 is 23.5 Å². The van der Waals surface area contributed by atoms with E-state index in [0.717, 1.165) is 48.3 Å². The van der Waals surface area contributed by atoms with Crippen molar-refractivity contribution in [3.8, 4) is 0 Å². The SMILES string of the molecule is Cl.Cl.FC(F)(F)c1ccc(CN[C@H]2CCCC[C@@H]2Nc2ccnc3cc(Cl)ccc23)c(C(F)(F)F)c1. The first-order chi connectivity index (χ1) is 16.0. The Bertz CT molecular complexity index is 1170. The van der Waals surface area contributed by atoms with Crippen molar-refractivity contribution in [2.45, 2.75) is 56.7 Å². The fraction of sp³-hybridized carbons (Fsp3) is 0.375. The lowest BCUT2D eigenvalue weighted by molar-refractivity contribution is -0.143. The van der Waals surface area contributed by atoms with Crippen LogP contribution in [-0.4, -0.2) is 17.1 Å². The molecule has 1 heterocycles. The maximum Gasteiger partial charge on any atom is 0.416 e. The average Bonchev–Trinajstić information content (AvgIpc) is 2.77. The molecule has 0 amide bonds. The second-order valence-corrected chi connectivity index (χ2v) is 8.85. The van der Waals surface area contributed by atoms with E-state index in [-0.39, 0.29) is 55.1 Å². The summed E-state index contributed by atoms with van der Waals surface area (Å²) in [5.41, 5.74) is -1.24. The summed E-state index contributed by atoms with van der Waals surface area (Å²) in [6.45, 7) is -0.192. The van der Waals surface area contributed by atoms with Crippen LogP contribution in [0, 0.1) is 0 Å². The van der Waals surface area contributed by atoms with Crippen molar-refractivity contribution in [1.82, 2.24) is 10.3 Å². The molecule has 0 radical (unpaired) electrons. The molecule has 3 nitrogen and oxygen atoms in total. The number of pyridine rings is 1. The molecule has 1 fully saturated rings. The molecule has 1 saturated carbocycles. The molecule has 12 heteroatoms. The maximum absolute atomic E-state index is 13.5. The Morgan fingerprint density at radius 2 is 1.56 bits per heavy atom. The number of aromatic nitrogens is 1. The molecule has 0 spiro atoms. The Labute approximate surface area is 221 Å². The first kappa shape index (κ1) is 30.3. The summed E-state index contributed by atoms with van der Waals surface area (Å²) in [4.78, 5) is 4.32. The minimum absolute atomic E-state index is 0. The van der Waals surface area contributed by atoms with E-state index in [1.807, 2.05) is 12.1 Å². The van der Waals surface area contributed by atoms with Crippen LogP contribution in [0.25, 0.3) is 10.9 Å². The number of rotatable bonds is 5. The van der Waals surface area contributed by atoms with Crippen LogP contribution >= 0.6 is 36.4 Å². The van der Waals surface area contributed by atoms with Gasteiger partial charge < -0.3 is 10.6 Å². The Morgan fingerprint density at radius 1 is 0.861 bits per heavy atom. The monoisotopic (exact) mass is 573 g/mol. The Morgan fingerprint density at radius 3 is 2.22 bits per heavy atom. The van der Waals surface area contributed by atoms with Crippen LogP contribution in [0.4, 0.5) is 32.0 Å². The standard InChI is InChI=1S/C24H22ClF6N3.2ClH/c25-16-7-8-17-19(9-10-32-22(17)12-16)34-21-4-2-1-3-20(21)33-13-14-5-6-15(23(26,27)28)11-18(14)24(29,30)31;;/h5-12,20-21,33H,1-4,13H2,(H,32,34);2*1H/t20-,21-;;/m0../s1. The molecule has 198 valence electrons. The van der Waals surface area contributed by atoms with Gasteiger partial charge in [-0.05, 0) is 54.8 Å². The molecular formula is C24H24Cl3F6N3. The second kappa shape index (κ2) is 12.1. The summed E-state index contributed by atoms with van der Waals surface area (Å²) >= 11 is 6.05. The molecule has 1 aromatic heterocycles. The third kappa shape index (κ3) is 7.09. The van der Waals surface area contributed by atoms with E-state index in [1.165, 1.54) is 0 Å². The van der Waals surface area contributed by atoms with E-state index >= 15 is 0 Å². The number of hydrogen-bond acceptors (Lipinski definition) is 3. The predicted octanol–water partition coefficient (Wildman–Crippen LogP) is 8.28. The van der Waals surface area contributed by atoms with Crippen molar-refractivity contribution in [3.63, 3.8) is 0 Å². The molecular weight excluding hydrogens is 551 g/mol. The third-order valence-corrected chi connectivity index (χ3v) is 6.34. The fourth-order valence-electron chi connectivity index (χ4n) is 4.41. The topological polar surface area (TPSA) is 37.0 Å². The van der Waals surface area contributed by atoms with Crippen LogP contribution in [0.5, 0.6) is 0 Å². The molecule has 1 aliphatic rings. The molecule has 2 N–H and O–H groups in total. The molecule has 0 bridgehead atoms. The van der Waals surface area contributed by atoms with Gasteiger partial charge in [0.05, 0.1) is 16.6 Å². The van der Waals surface area contributed by atoms with Crippen LogP contribution in [-0.2, 0) is 18.9 Å². The van der Waals surface area contributed by atoms with Crippen LogP contribution in [0.3, 0.4) is 0 Å². The number of benzene rings is 2. The summed E-state index contributed by atoms with van der Waals surface area (Å²) < 4.78 is 79.4. The van der Waals surface area contributed by atoms with Crippen molar-refractivity contribution in [2.24, 2.45) is 0 Å². The lowest BCUT2D eigenvalue weighted by Gasteiger charge is -2.34. The molecule has 1 aliphatic carbocycles. The van der Waals surface area contributed by atoms with Crippen LogP contribution in [0.1, 0.15) is 42.4 Å². The van der Waals surface area contributed by atoms with Crippen molar-refractivity contribution in [1.29, 1.82) is 0 Å². The Hall–Kier alpha value is -1.94. The van der Waals surface area contributed by atoms with E-state index in [2.05, 4.69) is 15.6 Å². The van der Waals surface area contributed by atoms with Crippen molar-refractivity contribution in [2.75, 3.05) is 5.32 Å². The van der Waals surface area contributed by atoms with Crippen molar-refractivity contribution < 1.29 is 26.3 Å². The van der Waals surface area contributed by atoms with Crippen LogP contribution in [0.15, 0.2) is 48.7 Å². The normalized spacial score (nSPS) is 18.3. The van der Waals surface area contributed by atoms with Gasteiger partial charge in [0.25, 0.3) is 0 Å². The zero-order valence-electron chi connectivity index (χ0n) is 18.7. The smallest absolute Gasteiger partial charge is 0.380 e. The zero-order chi connectivity index (χ0) is 24.5. The number of hydrogen-bond donors (Lipinski definition) is 2. The predicted molar refractivity (Wildman–Crippen MR) is 134 cm³/mol. The maximum atomic E-state index is 13.5. The molecule has 0 aliphatic heterocycles. The van der Waals surface area contributed by atoms with E-state index in [1.54, 1.807) is 18.3 Å². The van der Waals surface area contributed by atoms with Gasteiger partial charge in [0.2, 0.25) is 0 Å². The highest BCUT2D eigenvalue weighted by Gasteiger charge is 2.38. The van der Waals surface area contributed by atoms with Gasteiger partial charge in [0.1, 0.15) is 0 Å². The molecule has 0 saturated heterocycles. The molecule has 0 unspecified atom stereocenters. The number of alkyl halides is 6. The highest BCUT2D eigenvalue weighted by atomic mass is 35.5. The largest absolute Gasteiger partial charge is 0.416 e. The number of nitrogens with one attached hydrogen (secondary N) is 2. The lowest BCUT2D eigenvalue weighted by Crippen LogP contribution is -2.46. The Balaban J connectivity index is 0.00000228. The minimum Gasteiger partial charge on any atom is -0.380 e. The first-order valence-electron chi connectivity index (χ1n) is 10.8. The van der Waals surface area contributed by atoms with Gasteiger partial charge in [-0.2, -0.15) is 26.3 Å². The molecule has 2 atom stereocenters. The summed E-state index contributed by atoms with van der Waals surface area (Å²) in [5, 5.41) is 8.08. The summed E-state index contributed by atoms with van der Waals surface area (Å²) in [7, 11) is 0. The fourth-order valence-corrected chi connectivity index (χ4v) is 4.57. The van der Waals surface area contributed by atoms with Gasteiger partial charge in [-0.15, -0.1) is 24.8 Å². The highest BCUT2D eigenvalue weighted by Crippen LogP contribution is 2.37. The van der Waals surface area contributed by atoms with Gasteiger partial charge >= 0.3 is 12.4 Å². The van der Waals surface area contributed by atoms with Gasteiger partial charge in [-0.1, -0.05) is 30.5 Å². The van der Waals surface area contributed by atoms with Gasteiger partial charge in [0, 0.05) is 40.9 Å². The van der Waals surface area contributed by atoms with E-state index in [9.17, 15) is 26.3 Å². The summed E-state index contributed by atoms with van der Waals surface area (Å²) in [5.74, 6) is 0. The van der Waals surface area contributed by atoms with Gasteiger partial charge in [-0.3, -0.25) is 4.98 Å². The van der Waals surface area contributed by atoms with Gasteiger partial charge in [0.15, 0.2) is 0 Å². The highest BCUT2D eigenvalue weighted by molar-refractivity contribution is 6.31. The van der Waals surface area contributed by atoms with Crippen molar-refractivity contribution >= 4 is 53.0 Å². The lowest BCUT2D eigenvalue weighted by atomic mass is 9.89. The van der Waals surface area contributed by atoms with E-state index in [0.29, 0.717) is 11.1 Å². The summed E-state index contributed by atoms with van der Waals surface area (Å²) in [6.07, 6.45) is -4.69. The van der Waals surface area contributed by atoms with Crippen LogP contribution < -0.4 is 10.6 Å². The van der Waals surface area contributed by atoms with Crippen LogP contribution in [0.2, 0.25) is 5.02 Å². The third-order valence-electron chi connectivity index (χ3n) is 6.11. The number of nitrogens with zero attached hydrogens (tertiary/aromatic N) is 1. The Kier molecular flexibility index (Phi) is 10.2. The van der Waals surface area contributed by atoms with Crippen molar-refractivity contribution in [3.05, 3.63) is 70.4 Å². The zero-order valence-corrected chi connectivity index (χ0v) is 21.1. The quantitative estimate of drug-likeness (QED) is 0.301. The molecule has 36 heavy (non-hydrogen) atoms. The molecule has 4 rings (SSSR count). The molecule has 2 aromatic carbocycles. The number of anilines is 1. The number of fused-ring (bicyclic) bond motifs is 1. The summed E-state index contributed by atoms with van der Waals surface area (Å²) in [6, 6.07) is 8.75.